The van der Waals surface area contributed by atoms with Crippen LogP contribution in [0.3, 0.4) is 0 Å². The maximum atomic E-state index is 13.0. The molecule has 0 saturated heterocycles. The number of carbonyl (C=O) groups is 2. The van der Waals surface area contributed by atoms with Crippen molar-refractivity contribution in [3.05, 3.63) is 34.6 Å². The number of benzene rings is 1. The minimum absolute atomic E-state index is 0.0887. The molecule has 0 heterocycles. The van der Waals surface area contributed by atoms with Crippen molar-refractivity contribution in [2.75, 3.05) is 0 Å². The second-order valence-corrected chi connectivity index (χ2v) is 3.06. The van der Waals surface area contributed by atoms with Crippen molar-refractivity contribution in [3.63, 3.8) is 0 Å². The topological polar surface area (TPSA) is 34.1 Å². The predicted molar refractivity (Wildman–Crippen MR) is 46.8 cm³/mol. The van der Waals surface area contributed by atoms with Gasteiger partial charge >= 0.3 is 6.18 Å². The highest BCUT2D eigenvalue weighted by Crippen LogP contribution is 2.35. The van der Waals surface area contributed by atoms with Crippen LogP contribution in [0.5, 0.6) is 0 Å². The van der Waals surface area contributed by atoms with Crippen molar-refractivity contribution in [2.24, 2.45) is 0 Å². The van der Waals surface area contributed by atoms with Gasteiger partial charge in [-0.3, -0.25) is 9.59 Å². The van der Waals surface area contributed by atoms with Crippen LogP contribution in [0.1, 0.15) is 33.2 Å². The number of halogens is 4. The summed E-state index contributed by atoms with van der Waals surface area (Å²) < 4.78 is 50.5. The third kappa shape index (κ3) is 2.10. The number of carbonyl (C=O) groups excluding carboxylic acids is 2. The van der Waals surface area contributed by atoms with Gasteiger partial charge in [-0.1, -0.05) is 0 Å². The monoisotopic (exact) mass is 234 g/mol. The zero-order chi connectivity index (χ0) is 12.5. The summed E-state index contributed by atoms with van der Waals surface area (Å²) in [4.78, 5) is 21.5. The summed E-state index contributed by atoms with van der Waals surface area (Å²) in [6, 6.07) is 1.35. The van der Waals surface area contributed by atoms with Crippen LogP contribution < -0.4 is 0 Å². The molecule has 0 bridgehead atoms. The van der Waals surface area contributed by atoms with E-state index in [1.54, 1.807) is 0 Å². The Balaban J connectivity index is 3.68. The van der Waals surface area contributed by atoms with Gasteiger partial charge in [0, 0.05) is 11.1 Å². The Morgan fingerprint density at radius 3 is 2.25 bits per heavy atom. The molecule has 2 nitrogen and oxygen atoms in total. The summed E-state index contributed by atoms with van der Waals surface area (Å²) in [5.41, 5.74) is -3.09. The summed E-state index contributed by atoms with van der Waals surface area (Å²) in [6.07, 6.45) is -4.92. The van der Waals surface area contributed by atoms with Crippen molar-refractivity contribution >= 4 is 12.1 Å². The molecule has 0 aromatic heterocycles. The Morgan fingerprint density at radius 2 is 1.88 bits per heavy atom. The largest absolute Gasteiger partial charge is 0.419 e. The molecular formula is C10H6F4O2. The Morgan fingerprint density at radius 1 is 1.31 bits per heavy atom. The van der Waals surface area contributed by atoms with E-state index in [0.717, 1.165) is 13.0 Å². The van der Waals surface area contributed by atoms with Gasteiger partial charge in [0.1, 0.15) is 11.4 Å². The van der Waals surface area contributed by atoms with Crippen LogP contribution in [0.15, 0.2) is 12.1 Å². The van der Waals surface area contributed by atoms with Gasteiger partial charge < -0.3 is 0 Å². The Hall–Kier alpha value is -1.72. The number of aldehydes is 1. The fraction of sp³-hybridized carbons (Fsp3) is 0.200. The molecule has 0 unspecified atom stereocenters. The lowest BCUT2D eigenvalue weighted by molar-refractivity contribution is -0.140. The average molecular weight is 234 g/mol. The lowest BCUT2D eigenvalue weighted by atomic mass is 9.97. The lowest BCUT2D eigenvalue weighted by Crippen LogP contribution is -2.16. The summed E-state index contributed by atoms with van der Waals surface area (Å²) in [5, 5.41) is 0. The minimum Gasteiger partial charge on any atom is -0.298 e. The van der Waals surface area contributed by atoms with E-state index in [-0.39, 0.29) is 6.29 Å². The molecule has 0 fully saturated rings. The highest BCUT2D eigenvalue weighted by atomic mass is 19.4. The first-order valence-corrected chi connectivity index (χ1v) is 4.15. The molecule has 0 aliphatic rings. The third-order valence-electron chi connectivity index (χ3n) is 1.95. The molecule has 1 aromatic rings. The molecule has 16 heavy (non-hydrogen) atoms. The molecule has 1 aromatic carbocycles. The van der Waals surface area contributed by atoms with E-state index in [9.17, 15) is 27.2 Å². The number of rotatable bonds is 2. The zero-order valence-corrected chi connectivity index (χ0v) is 8.06. The standard InChI is InChI=1S/C10H6F4O2/c1-5(16)8-6(4-15)2-3-7(11)9(8)10(12,13)14/h2-4H,1H3. The summed E-state index contributed by atoms with van der Waals surface area (Å²) >= 11 is 0. The maximum Gasteiger partial charge on any atom is 0.419 e. The molecule has 0 N–H and O–H groups in total. The van der Waals surface area contributed by atoms with E-state index in [0.29, 0.717) is 6.07 Å². The molecule has 6 heteroatoms. The molecule has 0 spiro atoms. The van der Waals surface area contributed by atoms with Gasteiger partial charge in [-0.2, -0.15) is 13.2 Å². The van der Waals surface area contributed by atoms with Crippen LogP contribution in [-0.2, 0) is 6.18 Å². The van der Waals surface area contributed by atoms with Crippen LogP contribution in [0.25, 0.3) is 0 Å². The van der Waals surface area contributed by atoms with Crippen LogP contribution in [-0.4, -0.2) is 12.1 Å². The first-order chi connectivity index (χ1) is 7.29. The molecular weight excluding hydrogens is 228 g/mol. The zero-order valence-electron chi connectivity index (χ0n) is 8.06. The first kappa shape index (κ1) is 12.4. The second-order valence-electron chi connectivity index (χ2n) is 3.06. The van der Waals surface area contributed by atoms with Gasteiger partial charge in [0.25, 0.3) is 0 Å². The molecule has 1 rings (SSSR count). The van der Waals surface area contributed by atoms with E-state index in [4.69, 9.17) is 0 Å². The molecule has 0 aliphatic heterocycles. The number of Topliss-reactive ketones (excluding diaryl/α,β-unsaturated/α-hetero) is 1. The highest BCUT2D eigenvalue weighted by molar-refractivity contribution is 6.02. The van der Waals surface area contributed by atoms with Crippen LogP contribution in [0.4, 0.5) is 17.6 Å². The van der Waals surface area contributed by atoms with Crippen LogP contribution in [0.2, 0.25) is 0 Å². The quantitative estimate of drug-likeness (QED) is 0.448. The molecule has 0 radical (unpaired) electrons. The SMILES string of the molecule is CC(=O)c1c(C=O)ccc(F)c1C(F)(F)F. The molecule has 0 saturated carbocycles. The van der Waals surface area contributed by atoms with Gasteiger partial charge in [-0.15, -0.1) is 0 Å². The van der Waals surface area contributed by atoms with Crippen molar-refractivity contribution in [1.82, 2.24) is 0 Å². The van der Waals surface area contributed by atoms with Crippen molar-refractivity contribution in [3.8, 4) is 0 Å². The van der Waals surface area contributed by atoms with Gasteiger partial charge in [-0.25, -0.2) is 4.39 Å². The number of hydrogen-bond donors (Lipinski definition) is 0. The minimum atomic E-state index is -5.01. The summed E-state index contributed by atoms with van der Waals surface area (Å²) in [6.45, 7) is 0.844. The first-order valence-electron chi connectivity index (χ1n) is 4.15. The lowest BCUT2D eigenvalue weighted by Gasteiger charge is -2.13. The summed E-state index contributed by atoms with van der Waals surface area (Å²) in [7, 11) is 0. The van der Waals surface area contributed by atoms with Crippen LogP contribution >= 0.6 is 0 Å². The van der Waals surface area contributed by atoms with Crippen LogP contribution in [0, 0.1) is 5.82 Å². The highest BCUT2D eigenvalue weighted by Gasteiger charge is 2.39. The molecule has 0 amide bonds. The van der Waals surface area contributed by atoms with Gasteiger partial charge in [0.05, 0.1) is 0 Å². The molecule has 0 aliphatic carbocycles. The van der Waals surface area contributed by atoms with E-state index in [1.807, 2.05) is 0 Å². The Labute approximate surface area is 87.9 Å². The van der Waals surface area contributed by atoms with Crippen molar-refractivity contribution in [1.29, 1.82) is 0 Å². The van der Waals surface area contributed by atoms with Gasteiger partial charge in [-0.05, 0) is 19.1 Å². The predicted octanol–water partition coefficient (Wildman–Crippen LogP) is 2.86. The van der Waals surface area contributed by atoms with E-state index >= 15 is 0 Å². The van der Waals surface area contributed by atoms with Crippen molar-refractivity contribution in [2.45, 2.75) is 13.1 Å². The normalized spacial score (nSPS) is 11.3. The van der Waals surface area contributed by atoms with Gasteiger partial charge in [0.2, 0.25) is 0 Å². The van der Waals surface area contributed by atoms with Gasteiger partial charge in [0.15, 0.2) is 12.1 Å². The van der Waals surface area contributed by atoms with E-state index in [2.05, 4.69) is 0 Å². The smallest absolute Gasteiger partial charge is 0.298 e. The molecule has 86 valence electrons. The van der Waals surface area contributed by atoms with E-state index in [1.165, 1.54) is 0 Å². The average Bonchev–Trinajstić information content (AvgIpc) is 2.15. The fourth-order valence-electron chi connectivity index (χ4n) is 1.35. The fourth-order valence-corrected chi connectivity index (χ4v) is 1.35. The van der Waals surface area contributed by atoms with E-state index < -0.39 is 34.5 Å². The number of hydrogen-bond acceptors (Lipinski definition) is 2. The van der Waals surface area contributed by atoms with Crippen molar-refractivity contribution < 1.29 is 27.2 Å². The Kier molecular flexibility index (Phi) is 3.11. The maximum absolute atomic E-state index is 13.0. The number of alkyl halides is 3. The second kappa shape index (κ2) is 4.03. The Bertz CT molecular complexity index is 449. The third-order valence-corrected chi connectivity index (χ3v) is 1.95. The summed E-state index contributed by atoms with van der Waals surface area (Å²) in [5.74, 6) is -2.57. The number of ketones is 1. The molecule has 0 atom stereocenters.